The summed E-state index contributed by atoms with van der Waals surface area (Å²) in [5.41, 5.74) is 0. The predicted molar refractivity (Wildman–Crippen MR) is 39.3 cm³/mol. The minimum atomic E-state index is -1.52. The van der Waals surface area contributed by atoms with Crippen LogP contribution < -0.4 is 0 Å². The predicted octanol–water partition coefficient (Wildman–Crippen LogP) is 1.04. The maximum atomic E-state index is 9.06. The van der Waals surface area contributed by atoms with Crippen LogP contribution >= 0.6 is 0 Å². The third-order valence-corrected chi connectivity index (χ3v) is 2.04. The van der Waals surface area contributed by atoms with Crippen LogP contribution in [0.1, 0.15) is 26.2 Å². The van der Waals surface area contributed by atoms with Crippen LogP contribution in [0, 0.1) is 5.92 Å². The molecule has 0 radical (unpaired) electrons. The summed E-state index contributed by atoms with van der Waals surface area (Å²) in [7, 11) is 0. The van der Waals surface area contributed by atoms with Gasteiger partial charge in [-0.05, 0) is 24.8 Å². The molecule has 0 aromatic carbocycles. The SMILES string of the molecule is CC[C@H]1C=CC(O)(O)CC1. The van der Waals surface area contributed by atoms with E-state index in [0.717, 1.165) is 12.8 Å². The van der Waals surface area contributed by atoms with Gasteiger partial charge >= 0.3 is 0 Å². The van der Waals surface area contributed by atoms with Gasteiger partial charge in [-0.15, -0.1) is 0 Å². The van der Waals surface area contributed by atoms with Crippen molar-refractivity contribution in [1.82, 2.24) is 0 Å². The van der Waals surface area contributed by atoms with Gasteiger partial charge in [-0.25, -0.2) is 0 Å². The Morgan fingerprint density at radius 3 is 2.70 bits per heavy atom. The van der Waals surface area contributed by atoms with Crippen molar-refractivity contribution < 1.29 is 10.2 Å². The van der Waals surface area contributed by atoms with Gasteiger partial charge in [0.2, 0.25) is 0 Å². The molecule has 10 heavy (non-hydrogen) atoms. The highest BCUT2D eigenvalue weighted by Crippen LogP contribution is 2.25. The van der Waals surface area contributed by atoms with Crippen molar-refractivity contribution in [3.8, 4) is 0 Å². The van der Waals surface area contributed by atoms with Gasteiger partial charge in [0.15, 0.2) is 5.79 Å². The van der Waals surface area contributed by atoms with Gasteiger partial charge in [-0.1, -0.05) is 13.0 Å². The maximum absolute atomic E-state index is 9.06. The fourth-order valence-electron chi connectivity index (χ4n) is 1.21. The van der Waals surface area contributed by atoms with Crippen molar-refractivity contribution in [3.63, 3.8) is 0 Å². The summed E-state index contributed by atoms with van der Waals surface area (Å²) in [6.07, 6.45) is 5.84. The quantitative estimate of drug-likeness (QED) is 0.424. The molecule has 1 atom stereocenters. The van der Waals surface area contributed by atoms with Crippen molar-refractivity contribution in [1.29, 1.82) is 0 Å². The standard InChI is InChI=1S/C8H14O2/c1-2-7-3-5-8(9,10)6-4-7/h3,5,7,9-10H,2,4,6H2,1H3/t7-/m0/s1. The van der Waals surface area contributed by atoms with Crippen molar-refractivity contribution >= 4 is 0 Å². The summed E-state index contributed by atoms with van der Waals surface area (Å²) in [4.78, 5) is 0. The van der Waals surface area contributed by atoms with E-state index in [1.54, 1.807) is 0 Å². The molecule has 0 saturated heterocycles. The van der Waals surface area contributed by atoms with Gasteiger partial charge in [0.25, 0.3) is 0 Å². The van der Waals surface area contributed by atoms with E-state index in [-0.39, 0.29) is 0 Å². The molecule has 0 fully saturated rings. The third kappa shape index (κ3) is 1.82. The highest BCUT2D eigenvalue weighted by atomic mass is 16.5. The Hall–Kier alpha value is -0.340. The summed E-state index contributed by atoms with van der Waals surface area (Å²) in [5, 5.41) is 18.1. The molecule has 2 N–H and O–H groups in total. The first-order chi connectivity index (χ1) is 4.64. The summed E-state index contributed by atoms with van der Waals surface area (Å²) in [6.45, 7) is 2.11. The van der Waals surface area contributed by atoms with Gasteiger partial charge in [-0.3, -0.25) is 0 Å². The fraction of sp³-hybridized carbons (Fsp3) is 0.750. The number of allylic oxidation sites excluding steroid dienone is 1. The molecule has 0 heterocycles. The summed E-state index contributed by atoms with van der Waals surface area (Å²) < 4.78 is 0. The molecule has 58 valence electrons. The Bertz CT molecular complexity index is 138. The van der Waals surface area contributed by atoms with Gasteiger partial charge in [-0.2, -0.15) is 0 Å². The number of hydrogen-bond acceptors (Lipinski definition) is 2. The van der Waals surface area contributed by atoms with Gasteiger partial charge in [0.1, 0.15) is 0 Å². The molecule has 2 heteroatoms. The monoisotopic (exact) mass is 142 g/mol. The Labute approximate surface area is 61.2 Å². The molecule has 0 aliphatic heterocycles. The number of rotatable bonds is 1. The second kappa shape index (κ2) is 2.72. The van der Waals surface area contributed by atoms with Gasteiger partial charge in [0, 0.05) is 6.42 Å². The summed E-state index contributed by atoms with van der Waals surface area (Å²) >= 11 is 0. The molecule has 0 aromatic heterocycles. The molecule has 1 rings (SSSR count). The second-order valence-electron chi connectivity index (χ2n) is 2.94. The van der Waals surface area contributed by atoms with Crippen LogP contribution in [0.25, 0.3) is 0 Å². The molecule has 0 aromatic rings. The van der Waals surface area contributed by atoms with E-state index in [0.29, 0.717) is 12.3 Å². The highest BCUT2D eigenvalue weighted by molar-refractivity contribution is 5.01. The number of hydrogen-bond donors (Lipinski definition) is 2. The van der Waals surface area contributed by atoms with Crippen LogP contribution in [0.3, 0.4) is 0 Å². The zero-order valence-electron chi connectivity index (χ0n) is 6.25. The topological polar surface area (TPSA) is 40.5 Å². The lowest BCUT2D eigenvalue weighted by atomic mass is 9.90. The van der Waals surface area contributed by atoms with Crippen LogP contribution in [0.4, 0.5) is 0 Å². The Kier molecular flexibility index (Phi) is 2.11. The molecule has 0 saturated carbocycles. The van der Waals surface area contributed by atoms with Crippen LogP contribution in [0.5, 0.6) is 0 Å². The van der Waals surface area contributed by atoms with E-state index in [1.807, 2.05) is 6.08 Å². The molecular formula is C8H14O2. The van der Waals surface area contributed by atoms with E-state index in [9.17, 15) is 0 Å². The van der Waals surface area contributed by atoms with Crippen molar-refractivity contribution in [3.05, 3.63) is 12.2 Å². The third-order valence-electron chi connectivity index (χ3n) is 2.04. The lowest BCUT2D eigenvalue weighted by Crippen LogP contribution is -2.28. The Morgan fingerprint density at radius 1 is 1.60 bits per heavy atom. The van der Waals surface area contributed by atoms with Gasteiger partial charge < -0.3 is 10.2 Å². The highest BCUT2D eigenvalue weighted by Gasteiger charge is 2.24. The Balaban J connectivity index is 2.52. The molecule has 1 aliphatic carbocycles. The molecule has 1 aliphatic rings. The van der Waals surface area contributed by atoms with E-state index >= 15 is 0 Å². The first-order valence-corrected chi connectivity index (χ1v) is 3.78. The van der Waals surface area contributed by atoms with E-state index in [4.69, 9.17) is 10.2 Å². The van der Waals surface area contributed by atoms with Crippen LogP contribution in [-0.4, -0.2) is 16.0 Å². The van der Waals surface area contributed by atoms with Crippen LogP contribution in [-0.2, 0) is 0 Å². The van der Waals surface area contributed by atoms with E-state index < -0.39 is 5.79 Å². The molecular weight excluding hydrogens is 128 g/mol. The van der Waals surface area contributed by atoms with Crippen LogP contribution in [0.2, 0.25) is 0 Å². The average Bonchev–Trinajstić information content (AvgIpc) is 1.88. The first-order valence-electron chi connectivity index (χ1n) is 3.78. The van der Waals surface area contributed by atoms with Gasteiger partial charge in [0.05, 0.1) is 0 Å². The van der Waals surface area contributed by atoms with Crippen molar-refractivity contribution in [2.24, 2.45) is 5.92 Å². The molecule has 0 unspecified atom stereocenters. The lowest BCUT2D eigenvalue weighted by molar-refractivity contribution is -0.129. The first kappa shape index (κ1) is 7.76. The molecule has 0 spiro atoms. The smallest absolute Gasteiger partial charge is 0.182 e. The minimum absolute atomic E-state index is 0.474. The number of aliphatic hydroxyl groups is 2. The lowest BCUT2D eigenvalue weighted by Gasteiger charge is -2.24. The Morgan fingerprint density at radius 2 is 2.30 bits per heavy atom. The summed E-state index contributed by atoms with van der Waals surface area (Å²) in [5.74, 6) is -0.974. The largest absolute Gasteiger partial charge is 0.362 e. The van der Waals surface area contributed by atoms with E-state index in [1.165, 1.54) is 6.08 Å². The fourth-order valence-corrected chi connectivity index (χ4v) is 1.21. The zero-order chi connectivity index (χ0) is 7.61. The zero-order valence-corrected chi connectivity index (χ0v) is 6.25. The van der Waals surface area contributed by atoms with Crippen LogP contribution in [0.15, 0.2) is 12.2 Å². The summed E-state index contributed by atoms with van der Waals surface area (Å²) in [6, 6.07) is 0. The molecule has 0 bridgehead atoms. The van der Waals surface area contributed by atoms with Crippen molar-refractivity contribution in [2.45, 2.75) is 32.0 Å². The second-order valence-corrected chi connectivity index (χ2v) is 2.94. The maximum Gasteiger partial charge on any atom is 0.182 e. The van der Waals surface area contributed by atoms with Crippen molar-refractivity contribution in [2.75, 3.05) is 0 Å². The normalized spacial score (nSPS) is 30.5. The van der Waals surface area contributed by atoms with E-state index in [2.05, 4.69) is 6.92 Å². The minimum Gasteiger partial charge on any atom is -0.362 e. The molecule has 0 amide bonds. The molecule has 2 nitrogen and oxygen atoms in total. The average molecular weight is 142 g/mol.